The molecule has 0 saturated carbocycles. The summed E-state index contributed by atoms with van der Waals surface area (Å²) in [5.74, 6) is 0.718. The van der Waals surface area contributed by atoms with Crippen molar-refractivity contribution in [1.82, 2.24) is 4.98 Å². The maximum Gasteiger partial charge on any atom is 0.182 e. The Kier molecular flexibility index (Phi) is 4.84. The highest BCUT2D eigenvalue weighted by molar-refractivity contribution is 7.90. The van der Waals surface area contributed by atoms with E-state index in [2.05, 4.69) is 10.3 Å². The third kappa shape index (κ3) is 3.89. The van der Waals surface area contributed by atoms with E-state index in [0.717, 1.165) is 33.5 Å². The highest BCUT2D eigenvalue weighted by Crippen LogP contribution is 2.26. The highest BCUT2D eigenvalue weighted by atomic mass is 32.2. The molecule has 0 aliphatic rings. The van der Waals surface area contributed by atoms with E-state index in [1.54, 1.807) is 18.2 Å². The van der Waals surface area contributed by atoms with Crippen LogP contribution in [0, 0.1) is 6.92 Å². The van der Waals surface area contributed by atoms with Crippen LogP contribution in [-0.4, -0.2) is 13.4 Å². The minimum Gasteiger partial charge on any atom is -0.340 e. The molecule has 140 valence electrons. The van der Waals surface area contributed by atoms with Crippen LogP contribution in [0.4, 0.5) is 11.5 Å². The maximum atomic E-state index is 12.8. The van der Waals surface area contributed by atoms with E-state index in [0.29, 0.717) is 4.90 Å². The predicted octanol–water partition coefficient (Wildman–Crippen LogP) is 5.26. The number of benzene rings is 3. The third-order valence-corrected chi connectivity index (χ3v) is 6.28. The van der Waals surface area contributed by atoms with Crippen LogP contribution in [-0.2, 0) is 15.6 Å². The lowest BCUT2D eigenvalue weighted by atomic mass is 10.1. The summed E-state index contributed by atoms with van der Waals surface area (Å²) in [5, 5.41) is 4.13. The first-order valence-corrected chi connectivity index (χ1v) is 10.7. The molecule has 0 spiro atoms. The van der Waals surface area contributed by atoms with Gasteiger partial charge in [-0.15, -0.1) is 0 Å². The summed E-state index contributed by atoms with van der Waals surface area (Å²) < 4.78 is 25.7. The quantitative estimate of drug-likeness (QED) is 0.507. The average Bonchev–Trinajstić information content (AvgIpc) is 2.69. The molecule has 3 aromatic carbocycles. The van der Waals surface area contributed by atoms with Gasteiger partial charge >= 0.3 is 0 Å². The maximum absolute atomic E-state index is 12.8. The smallest absolute Gasteiger partial charge is 0.182 e. The van der Waals surface area contributed by atoms with Crippen LogP contribution in [0.2, 0.25) is 0 Å². The number of nitrogens with zero attached hydrogens (tertiary/aromatic N) is 1. The number of hydrogen-bond donors (Lipinski definition) is 1. The minimum atomic E-state index is -3.42. The molecule has 1 N–H and O–H groups in total. The summed E-state index contributed by atoms with van der Waals surface area (Å²) >= 11 is 0. The summed E-state index contributed by atoms with van der Waals surface area (Å²) in [6, 6.07) is 26.1. The number of rotatable bonds is 5. The largest absolute Gasteiger partial charge is 0.340 e. The van der Waals surface area contributed by atoms with Crippen molar-refractivity contribution in [2.75, 3.05) is 5.32 Å². The first-order valence-electron chi connectivity index (χ1n) is 9.01. The van der Waals surface area contributed by atoms with Gasteiger partial charge < -0.3 is 5.32 Å². The fraction of sp³-hybridized carbons (Fsp3) is 0.0870. The van der Waals surface area contributed by atoms with Gasteiger partial charge in [0.15, 0.2) is 9.84 Å². The Bertz CT molecular complexity index is 1220. The molecule has 1 heterocycles. The number of pyridine rings is 1. The lowest BCUT2D eigenvalue weighted by Crippen LogP contribution is -2.05. The zero-order chi connectivity index (χ0) is 19.6. The number of anilines is 2. The molecule has 0 aliphatic carbocycles. The summed E-state index contributed by atoms with van der Waals surface area (Å²) in [6.45, 7) is 1.97. The average molecular weight is 388 g/mol. The highest BCUT2D eigenvalue weighted by Gasteiger charge is 2.17. The third-order valence-electron chi connectivity index (χ3n) is 4.59. The summed E-state index contributed by atoms with van der Waals surface area (Å²) in [4.78, 5) is 4.95. The molecule has 0 unspecified atom stereocenters. The van der Waals surface area contributed by atoms with E-state index in [-0.39, 0.29) is 5.75 Å². The van der Waals surface area contributed by atoms with Gasteiger partial charge in [0.1, 0.15) is 5.82 Å². The van der Waals surface area contributed by atoms with Crippen molar-refractivity contribution >= 4 is 32.2 Å². The van der Waals surface area contributed by atoms with Gasteiger partial charge in [0.25, 0.3) is 0 Å². The molecule has 0 radical (unpaired) electrons. The van der Waals surface area contributed by atoms with E-state index in [1.807, 2.05) is 73.7 Å². The van der Waals surface area contributed by atoms with Crippen LogP contribution in [0.25, 0.3) is 10.9 Å². The summed E-state index contributed by atoms with van der Waals surface area (Å²) in [7, 11) is -3.42. The van der Waals surface area contributed by atoms with Crippen molar-refractivity contribution in [3.8, 4) is 0 Å². The molecule has 4 nitrogen and oxygen atoms in total. The van der Waals surface area contributed by atoms with Crippen molar-refractivity contribution in [2.45, 2.75) is 17.6 Å². The molecule has 0 atom stereocenters. The molecular weight excluding hydrogens is 368 g/mol. The fourth-order valence-electron chi connectivity index (χ4n) is 3.18. The number of aryl methyl sites for hydroxylation is 1. The Morgan fingerprint density at radius 2 is 1.54 bits per heavy atom. The Morgan fingerprint density at radius 1 is 0.857 bits per heavy atom. The Morgan fingerprint density at radius 3 is 2.25 bits per heavy atom. The normalized spacial score (nSPS) is 11.5. The Hall–Kier alpha value is -3.18. The van der Waals surface area contributed by atoms with Crippen LogP contribution in [0.15, 0.2) is 89.8 Å². The second kappa shape index (κ2) is 7.44. The van der Waals surface area contributed by atoms with Gasteiger partial charge in [0.05, 0.1) is 16.2 Å². The topological polar surface area (TPSA) is 59.1 Å². The van der Waals surface area contributed by atoms with Gasteiger partial charge in [-0.05, 0) is 54.4 Å². The molecule has 0 fully saturated rings. The lowest BCUT2D eigenvalue weighted by Gasteiger charge is -2.11. The Labute approximate surface area is 164 Å². The van der Waals surface area contributed by atoms with E-state index in [9.17, 15) is 8.42 Å². The van der Waals surface area contributed by atoms with Gasteiger partial charge in [-0.1, -0.05) is 48.5 Å². The first kappa shape index (κ1) is 18.2. The van der Waals surface area contributed by atoms with Gasteiger partial charge in [-0.25, -0.2) is 13.4 Å². The molecule has 0 amide bonds. The molecule has 0 bridgehead atoms. The van der Waals surface area contributed by atoms with Crippen LogP contribution in [0.5, 0.6) is 0 Å². The van der Waals surface area contributed by atoms with Crippen molar-refractivity contribution in [2.24, 2.45) is 0 Å². The van der Waals surface area contributed by atoms with Crippen LogP contribution in [0.3, 0.4) is 0 Å². The number of para-hydroxylation sites is 1. The van der Waals surface area contributed by atoms with Gasteiger partial charge in [-0.3, -0.25) is 0 Å². The molecule has 4 rings (SSSR count). The second-order valence-corrected chi connectivity index (χ2v) is 8.73. The van der Waals surface area contributed by atoms with Crippen molar-refractivity contribution < 1.29 is 8.42 Å². The summed E-state index contributed by atoms with van der Waals surface area (Å²) in [6.07, 6.45) is 0. The van der Waals surface area contributed by atoms with Gasteiger partial charge in [0, 0.05) is 11.1 Å². The molecular formula is C23H20N2O2S. The monoisotopic (exact) mass is 388 g/mol. The van der Waals surface area contributed by atoms with E-state index < -0.39 is 9.84 Å². The predicted molar refractivity (Wildman–Crippen MR) is 114 cm³/mol. The number of fused-ring (bicyclic) bond motifs is 1. The number of nitrogens with one attached hydrogen (secondary N) is 1. The molecule has 0 aliphatic heterocycles. The molecule has 5 heteroatoms. The second-order valence-electron chi connectivity index (χ2n) is 6.74. The molecule has 1 aromatic heterocycles. The van der Waals surface area contributed by atoms with E-state index >= 15 is 0 Å². The van der Waals surface area contributed by atoms with Crippen molar-refractivity contribution in [1.29, 1.82) is 0 Å². The van der Waals surface area contributed by atoms with Crippen LogP contribution >= 0.6 is 0 Å². The SMILES string of the molecule is Cc1cc(Nc2ccccc2)nc2ccc(S(=O)(=O)Cc3ccccc3)cc12. The Balaban J connectivity index is 1.67. The fourth-order valence-corrected chi connectivity index (χ4v) is 4.55. The molecule has 0 saturated heterocycles. The zero-order valence-electron chi connectivity index (χ0n) is 15.5. The first-order chi connectivity index (χ1) is 13.5. The van der Waals surface area contributed by atoms with Gasteiger partial charge in [0.2, 0.25) is 0 Å². The number of sulfone groups is 1. The van der Waals surface area contributed by atoms with Crippen molar-refractivity contribution in [3.05, 3.63) is 96.1 Å². The van der Waals surface area contributed by atoms with E-state index in [1.165, 1.54) is 0 Å². The lowest BCUT2D eigenvalue weighted by molar-refractivity contribution is 0.595. The minimum absolute atomic E-state index is 0.0144. The van der Waals surface area contributed by atoms with Gasteiger partial charge in [-0.2, -0.15) is 0 Å². The zero-order valence-corrected chi connectivity index (χ0v) is 16.3. The van der Waals surface area contributed by atoms with Crippen LogP contribution in [0.1, 0.15) is 11.1 Å². The standard InChI is InChI=1S/C23H20N2O2S/c1-17-14-23(24-19-10-6-3-7-11-19)25-22-13-12-20(15-21(17)22)28(26,27)16-18-8-4-2-5-9-18/h2-15H,16H2,1H3,(H,24,25). The summed E-state index contributed by atoms with van der Waals surface area (Å²) in [5.41, 5.74) is 3.47. The number of aromatic nitrogens is 1. The van der Waals surface area contributed by atoms with E-state index in [4.69, 9.17) is 0 Å². The molecule has 28 heavy (non-hydrogen) atoms. The number of hydrogen-bond acceptors (Lipinski definition) is 4. The van der Waals surface area contributed by atoms with Crippen molar-refractivity contribution in [3.63, 3.8) is 0 Å². The molecule has 4 aromatic rings. The van der Waals surface area contributed by atoms with Crippen LogP contribution < -0.4 is 5.32 Å².